The maximum Gasteiger partial charge on any atom is 0.169 e. The highest BCUT2D eigenvalue weighted by molar-refractivity contribution is 8.93. The molecule has 0 unspecified atom stereocenters. The van der Waals surface area contributed by atoms with Gasteiger partial charge in [-0.3, -0.25) is 0 Å². The molecule has 0 N–H and O–H groups in total. The topological polar surface area (TPSA) is 32.9 Å². The molecule has 0 fully saturated rings. The molecule has 0 saturated carbocycles. The van der Waals surface area contributed by atoms with Crippen molar-refractivity contribution in [3.8, 4) is 22.3 Å². The molecular weight excluding hydrogens is 626 g/mol. The van der Waals surface area contributed by atoms with Crippen LogP contribution in [-0.2, 0) is 6.54 Å². The van der Waals surface area contributed by atoms with Crippen molar-refractivity contribution in [2.45, 2.75) is 26.8 Å². The van der Waals surface area contributed by atoms with E-state index < -0.39 is 0 Å². The number of anilines is 3. The average Bonchev–Trinajstić information content (AvgIpc) is 3.49. The van der Waals surface area contributed by atoms with Crippen LogP contribution in [0, 0.1) is 13.8 Å². The van der Waals surface area contributed by atoms with Gasteiger partial charge >= 0.3 is 0 Å². The second-order valence-corrected chi connectivity index (χ2v) is 12.9. The minimum absolute atomic E-state index is 0. The Morgan fingerprint density at radius 1 is 0.614 bits per heavy atom. The maximum absolute atomic E-state index is 4.74. The molecule has 0 aliphatic carbocycles. The second kappa shape index (κ2) is 13.4. The van der Waals surface area contributed by atoms with Crippen LogP contribution < -0.4 is 9.47 Å². The Labute approximate surface area is 275 Å². The average molecular weight is 667 g/mol. The SMILES string of the molecule is Br.Cc1ccc(N(c2ccc(C)cc2)c2ccc(-c3ccc(-c4cc[n+](CCC[N+](C)(C)C)cc4)c4nsnc34)cc2)cc1. The lowest BCUT2D eigenvalue weighted by Crippen LogP contribution is -2.39. The van der Waals surface area contributed by atoms with Gasteiger partial charge in [0, 0.05) is 40.3 Å². The van der Waals surface area contributed by atoms with Crippen LogP contribution in [0.1, 0.15) is 17.5 Å². The van der Waals surface area contributed by atoms with E-state index in [-0.39, 0.29) is 17.0 Å². The lowest BCUT2D eigenvalue weighted by molar-refractivity contribution is -0.873. The first-order valence-electron chi connectivity index (χ1n) is 14.8. The van der Waals surface area contributed by atoms with Crippen LogP contribution in [0.2, 0.25) is 0 Å². The van der Waals surface area contributed by atoms with Crippen LogP contribution in [0.4, 0.5) is 17.1 Å². The quantitative estimate of drug-likeness (QED) is 0.114. The molecule has 6 rings (SSSR count). The minimum atomic E-state index is 0. The van der Waals surface area contributed by atoms with Gasteiger partial charge in [-0.2, -0.15) is 8.75 Å². The zero-order valence-corrected chi connectivity index (χ0v) is 28.6. The van der Waals surface area contributed by atoms with Crippen molar-refractivity contribution in [1.29, 1.82) is 0 Å². The van der Waals surface area contributed by atoms with Crippen LogP contribution in [0.3, 0.4) is 0 Å². The van der Waals surface area contributed by atoms with Gasteiger partial charge in [-0.15, -0.1) is 17.0 Å². The molecule has 2 heterocycles. The summed E-state index contributed by atoms with van der Waals surface area (Å²) in [5.41, 5.74) is 12.3. The number of halogens is 1. The van der Waals surface area contributed by atoms with E-state index in [1.807, 2.05) is 0 Å². The van der Waals surface area contributed by atoms with Gasteiger partial charge in [-0.25, -0.2) is 4.57 Å². The van der Waals surface area contributed by atoms with E-state index in [1.165, 1.54) is 22.9 Å². The molecule has 6 aromatic rings. The van der Waals surface area contributed by atoms with Gasteiger partial charge in [0.2, 0.25) is 0 Å². The van der Waals surface area contributed by atoms with Crippen molar-refractivity contribution in [1.82, 2.24) is 8.75 Å². The van der Waals surface area contributed by atoms with Gasteiger partial charge in [0.05, 0.1) is 45.8 Å². The smallest absolute Gasteiger partial charge is 0.169 e. The third-order valence-corrected chi connectivity index (χ3v) is 8.41. The number of quaternary nitrogens is 1. The molecule has 2 aromatic heterocycles. The van der Waals surface area contributed by atoms with Gasteiger partial charge < -0.3 is 9.38 Å². The molecule has 44 heavy (non-hydrogen) atoms. The van der Waals surface area contributed by atoms with Crippen LogP contribution in [0.5, 0.6) is 0 Å². The molecule has 0 atom stereocenters. The number of fused-ring (bicyclic) bond motifs is 1. The highest BCUT2D eigenvalue weighted by atomic mass is 79.9. The summed E-state index contributed by atoms with van der Waals surface area (Å²) in [7, 11) is 6.72. The molecule has 0 bridgehead atoms. The van der Waals surface area contributed by atoms with E-state index in [4.69, 9.17) is 8.75 Å². The van der Waals surface area contributed by atoms with E-state index in [2.05, 4.69) is 154 Å². The Balaban J connectivity index is 0.00000384. The Kier molecular flexibility index (Phi) is 9.59. The summed E-state index contributed by atoms with van der Waals surface area (Å²) in [4.78, 5) is 2.30. The highest BCUT2D eigenvalue weighted by Crippen LogP contribution is 2.38. The van der Waals surface area contributed by atoms with Crippen molar-refractivity contribution in [3.05, 3.63) is 121 Å². The normalized spacial score (nSPS) is 11.4. The molecule has 224 valence electrons. The first kappa shape index (κ1) is 31.5. The second-order valence-electron chi connectivity index (χ2n) is 12.4. The van der Waals surface area contributed by atoms with Gasteiger partial charge in [0.25, 0.3) is 0 Å². The number of nitrogens with zero attached hydrogens (tertiary/aromatic N) is 5. The van der Waals surface area contributed by atoms with E-state index in [0.29, 0.717) is 0 Å². The molecule has 5 nitrogen and oxygen atoms in total. The fraction of sp³-hybridized carbons (Fsp3) is 0.216. The number of aromatic nitrogens is 3. The molecule has 0 aliphatic heterocycles. The summed E-state index contributed by atoms with van der Waals surface area (Å²) in [6.45, 7) is 6.41. The monoisotopic (exact) mass is 665 g/mol. The van der Waals surface area contributed by atoms with Gasteiger partial charge in [0.15, 0.2) is 18.9 Å². The number of pyridine rings is 1. The molecule has 0 amide bonds. The summed E-state index contributed by atoms with van der Waals surface area (Å²) in [6, 6.07) is 34.9. The third kappa shape index (κ3) is 7.07. The molecule has 7 heteroatoms. The standard InChI is InChI=1S/C37H39N5S.BrH/c1-27-7-13-31(14-8-27)41(32-15-9-28(2)10-16-32)33-17-11-29(12-18-33)34-19-20-35(37-36(34)38-43-39-37)30-21-24-40(25-22-30)23-6-26-42(3,4)5;/h7-22,24-25H,6,23,26H2,1-5H3;1H/q+2;. The van der Waals surface area contributed by atoms with Gasteiger partial charge in [-0.1, -0.05) is 59.7 Å². The molecule has 0 saturated heterocycles. The fourth-order valence-corrected chi connectivity index (χ4v) is 6.04. The van der Waals surface area contributed by atoms with Crippen LogP contribution >= 0.6 is 28.7 Å². The van der Waals surface area contributed by atoms with Gasteiger partial charge in [0.1, 0.15) is 11.0 Å². The molecular formula is C37H40BrN5S+2. The van der Waals surface area contributed by atoms with Crippen molar-refractivity contribution in [2.75, 3.05) is 32.6 Å². The zero-order chi connectivity index (χ0) is 30.0. The summed E-state index contributed by atoms with van der Waals surface area (Å²) in [5, 5.41) is 0. The molecule has 0 aliphatic rings. The number of hydrogen-bond donors (Lipinski definition) is 0. The van der Waals surface area contributed by atoms with E-state index in [9.17, 15) is 0 Å². The van der Waals surface area contributed by atoms with Crippen LogP contribution in [0.25, 0.3) is 33.3 Å². The molecule has 4 aromatic carbocycles. The predicted octanol–water partition coefficient (Wildman–Crippen LogP) is 9.07. The van der Waals surface area contributed by atoms with E-state index in [1.54, 1.807) is 0 Å². The number of hydrogen-bond acceptors (Lipinski definition) is 4. The Bertz CT molecular complexity index is 1780. The van der Waals surface area contributed by atoms with Crippen LogP contribution in [-0.4, -0.2) is 40.9 Å². The summed E-state index contributed by atoms with van der Waals surface area (Å²) < 4.78 is 12.7. The lowest BCUT2D eigenvalue weighted by atomic mass is 9.98. The summed E-state index contributed by atoms with van der Waals surface area (Å²) in [5.74, 6) is 0. The van der Waals surface area contributed by atoms with Gasteiger partial charge in [-0.05, 0) is 61.4 Å². The van der Waals surface area contributed by atoms with Crippen molar-refractivity contribution >= 4 is 56.8 Å². The first-order valence-corrected chi connectivity index (χ1v) is 15.6. The van der Waals surface area contributed by atoms with E-state index >= 15 is 0 Å². The van der Waals surface area contributed by atoms with Crippen molar-refractivity contribution in [2.24, 2.45) is 0 Å². The predicted molar refractivity (Wildman–Crippen MR) is 190 cm³/mol. The number of rotatable bonds is 9. The Morgan fingerprint density at radius 2 is 1.05 bits per heavy atom. The summed E-state index contributed by atoms with van der Waals surface area (Å²) in [6.07, 6.45) is 5.50. The minimum Gasteiger partial charge on any atom is -0.331 e. The third-order valence-electron chi connectivity index (χ3n) is 7.88. The largest absolute Gasteiger partial charge is 0.331 e. The number of aryl methyl sites for hydroxylation is 3. The van der Waals surface area contributed by atoms with Crippen LogP contribution in [0.15, 0.2) is 109 Å². The highest BCUT2D eigenvalue weighted by Gasteiger charge is 2.17. The molecule has 0 radical (unpaired) electrons. The fourth-order valence-electron chi connectivity index (χ4n) is 5.47. The molecule has 0 spiro atoms. The maximum atomic E-state index is 4.74. The van der Waals surface area contributed by atoms with Crippen molar-refractivity contribution in [3.63, 3.8) is 0 Å². The summed E-state index contributed by atoms with van der Waals surface area (Å²) >= 11 is 1.28. The Hall–Kier alpha value is -3.91. The van der Waals surface area contributed by atoms with Crippen molar-refractivity contribution < 1.29 is 9.05 Å². The number of benzene rings is 4. The lowest BCUT2D eigenvalue weighted by Gasteiger charge is -2.26. The zero-order valence-electron chi connectivity index (χ0n) is 26.1. The van der Waals surface area contributed by atoms with E-state index in [0.717, 1.165) is 74.3 Å². The first-order chi connectivity index (χ1) is 20.7. The Morgan fingerprint density at radius 3 is 1.50 bits per heavy atom.